The van der Waals surface area contributed by atoms with Crippen molar-refractivity contribution in [3.8, 4) is 5.75 Å². The summed E-state index contributed by atoms with van der Waals surface area (Å²) in [5, 5.41) is 0. The zero-order valence-corrected chi connectivity index (χ0v) is 10.3. The molecule has 1 rings (SSSR count). The van der Waals surface area contributed by atoms with Crippen molar-refractivity contribution in [2.45, 2.75) is 26.7 Å². The fraction of sp³-hybridized carbons (Fsp3) is 0.429. The minimum absolute atomic E-state index is 0.152. The maximum Gasteiger partial charge on any atom is 0.163 e. The van der Waals surface area contributed by atoms with Crippen molar-refractivity contribution >= 4 is 12.1 Å². The van der Waals surface area contributed by atoms with Gasteiger partial charge in [0.1, 0.15) is 12.0 Å². The molecule has 0 bridgehead atoms. The number of benzene rings is 1. The first-order valence-corrected chi connectivity index (χ1v) is 5.83. The fourth-order valence-corrected chi connectivity index (χ4v) is 1.45. The fourth-order valence-electron chi connectivity index (χ4n) is 1.45. The third-order valence-corrected chi connectivity index (χ3v) is 2.27. The molecule has 0 fully saturated rings. The molecule has 0 aromatic heterocycles. The number of carbonyl (C=O) groups is 2. The van der Waals surface area contributed by atoms with E-state index in [1.807, 2.05) is 13.8 Å². The van der Waals surface area contributed by atoms with Crippen LogP contribution in [-0.2, 0) is 4.79 Å². The molecule has 0 unspecified atom stereocenters. The Hall–Kier alpha value is -1.64. The molecule has 1 aromatic carbocycles. The summed E-state index contributed by atoms with van der Waals surface area (Å²) in [6.45, 7) is 4.42. The molecule has 0 heterocycles. The number of rotatable bonds is 7. The Kier molecular flexibility index (Phi) is 5.40. The van der Waals surface area contributed by atoms with Crippen molar-refractivity contribution in [1.29, 1.82) is 0 Å². The second kappa shape index (κ2) is 6.84. The van der Waals surface area contributed by atoms with E-state index in [1.54, 1.807) is 24.3 Å². The lowest BCUT2D eigenvalue weighted by Gasteiger charge is -2.06. The molecule has 0 aliphatic carbocycles. The summed E-state index contributed by atoms with van der Waals surface area (Å²) in [4.78, 5) is 21.9. The monoisotopic (exact) mass is 234 g/mol. The molecule has 3 heteroatoms. The highest BCUT2D eigenvalue weighted by atomic mass is 16.5. The van der Waals surface area contributed by atoms with Gasteiger partial charge in [0.05, 0.1) is 6.61 Å². The summed E-state index contributed by atoms with van der Waals surface area (Å²) >= 11 is 0. The van der Waals surface area contributed by atoms with Gasteiger partial charge in [0.2, 0.25) is 0 Å². The van der Waals surface area contributed by atoms with Crippen molar-refractivity contribution in [2.75, 3.05) is 6.61 Å². The highest BCUT2D eigenvalue weighted by molar-refractivity contribution is 5.96. The zero-order chi connectivity index (χ0) is 12.7. The van der Waals surface area contributed by atoms with Gasteiger partial charge in [-0.1, -0.05) is 13.8 Å². The molecule has 92 valence electrons. The molecule has 0 amide bonds. The van der Waals surface area contributed by atoms with Crippen LogP contribution < -0.4 is 4.74 Å². The SMILES string of the molecule is CC(C)CC(=O)c1ccc(OCCC=O)cc1. The largest absolute Gasteiger partial charge is 0.493 e. The van der Waals surface area contributed by atoms with Crippen LogP contribution in [0.5, 0.6) is 5.75 Å². The summed E-state index contributed by atoms with van der Waals surface area (Å²) in [7, 11) is 0. The maximum atomic E-state index is 11.7. The zero-order valence-electron chi connectivity index (χ0n) is 10.3. The molecule has 0 aliphatic heterocycles. The van der Waals surface area contributed by atoms with E-state index in [4.69, 9.17) is 4.74 Å². The molecule has 0 radical (unpaired) electrons. The van der Waals surface area contributed by atoms with Gasteiger partial charge in [0.25, 0.3) is 0 Å². The summed E-state index contributed by atoms with van der Waals surface area (Å²) in [5.41, 5.74) is 0.710. The number of hydrogen-bond donors (Lipinski definition) is 0. The second-order valence-corrected chi connectivity index (χ2v) is 4.35. The van der Waals surface area contributed by atoms with Crippen molar-refractivity contribution < 1.29 is 14.3 Å². The molecule has 1 aromatic rings. The third kappa shape index (κ3) is 4.81. The summed E-state index contributed by atoms with van der Waals surface area (Å²) in [5.74, 6) is 1.21. The van der Waals surface area contributed by atoms with E-state index in [-0.39, 0.29) is 5.78 Å². The van der Waals surface area contributed by atoms with Crippen LogP contribution in [-0.4, -0.2) is 18.7 Å². The number of ketones is 1. The topological polar surface area (TPSA) is 43.4 Å². The van der Waals surface area contributed by atoms with E-state index >= 15 is 0 Å². The van der Waals surface area contributed by atoms with Crippen LogP contribution in [0.4, 0.5) is 0 Å². The molecule has 0 N–H and O–H groups in total. The van der Waals surface area contributed by atoms with Gasteiger partial charge in [-0.2, -0.15) is 0 Å². The van der Waals surface area contributed by atoms with Gasteiger partial charge in [-0.3, -0.25) is 4.79 Å². The Balaban J connectivity index is 2.55. The molecule has 0 saturated heterocycles. The Morgan fingerprint density at radius 3 is 2.47 bits per heavy atom. The number of hydrogen-bond acceptors (Lipinski definition) is 3. The molecular formula is C14H18O3. The standard InChI is InChI=1S/C14H18O3/c1-11(2)10-14(16)12-4-6-13(7-5-12)17-9-3-8-15/h4-8,11H,3,9-10H2,1-2H3. The van der Waals surface area contributed by atoms with Crippen molar-refractivity contribution in [1.82, 2.24) is 0 Å². The van der Waals surface area contributed by atoms with Crippen LogP contribution in [0, 0.1) is 5.92 Å². The molecule has 0 saturated carbocycles. The first-order chi connectivity index (χ1) is 8.13. The average Bonchev–Trinajstić information content (AvgIpc) is 2.29. The summed E-state index contributed by atoms with van der Waals surface area (Å²) < 4.78 is 5.32. The number of carbonyl (C=O) groups excluding carboxylic acids is 2. The van der Waals surface area contributed by atoms with Crippen LogP contribution in [0.2, 0.25) is 0 Å². The predicted molar refractivity (Wildman–Crippen MR) is 66.4 cm³/mol. The molecule has 0 atom stereocenters. The van der Waals surface area contributed by atoms with E-state index in [9.17, 15) is 9.59 Å². The van der Waals surface area contributed by atoms with Crippen LogP contribution in [0.1, 0.15) is 37.0 Å². The smallest absolute Gasteiger partial charge is 0.163 e. The van der Waals surface area contributed by atoms with E-state index in [0.29, 0.717) is 36.7 Å². The third-order valence-electron chi connectivity index (χ3n) is 2.27. The van der Waals surface area contributed by atoms with Crippen LogP contribution >= 0.6 is 0 Å². The Labute approximate surface area is 102 Å². The highest BCUT2D eigenvalue weighted by Crippen LogP contribution is 2.15. The van der Waals surface area contributed by atoms with Gasteiger partial charge < -0.3 is 9.53 Å². The van der Waals surface area contributed by atoms with E-state index in [2.05, 4.69) is 0 Å². The van der Waals surface area contributed by atoms with Crippen molar-refractivity contribution in [2.24, 2.45) is 5.92 Å². The quantitative estimate of drug-likeness (QED) is 0.414. The van der Waals surface area contributed by atoms with Crippen molar-refractivity contribution in [3.05, 3.63) is 29.8 Å². The number of Topliss-reactive ketones (excluding diaryl/α,β-unsaturated/α-hetero) is 1. The normalized spacial score (nSPS) is 10.3. The average molecular weight is 234 g/mol. The van der Waals surface area contributed by atoms with Gasteiger partial charge in [0.15, 0.2) is 5.78 Å². The van der Waals surface area contributed by atoms with Crippen LogP contribution in [0.15, 0.2) is 24.3 Å². The van der Waals surface area contributed by atoms with Gasteiger partial charge in [-0.25, -0.2) is 0 Å². The van der Waals surface area contributed by atoms with Gasteiger partial charge in [-0.15, -0.1) is 0 Å². The minimum atomic E-state index is 0.152. The minimum Gasteiger partial charge on any atom is -0.493 e. The Morgan fingerprint density at radius 1 is 1.29 bits per heavy atom. The number of ether oxygens (including phenoxy) is 1. The van der Waals surface area contributed by atoms with Gasteiger partial charge >= 0.3 is 0 Å². The van der Waals surface area contributed by atoms with E-state index < -0.39 is 0 Å². The number of aldehydes is 1. The lowest BCUT2D eigenvalue weighted by molar-refractivity contribution is -0.108. The predicted octanol–water partition coefficient (Wildman–Crippen LogP) is 2.88. The molecule has 0 spiro atoms. The van der Waals surface area contributed by atoms with Crippen LogP contribution in [0.3, 0.4) is 0 Å². The molecule has 17 heavy (non-hydrogen) atoms. The highest BCUT2D eigenvalue weighted by Gasteiger charge is 2.07. The Bertz CT molecular complexity index is 366. The van der Waals surface area contributed by atoms with E-state index in [1.165, 1.54) is 0 Å². The van der Waals surface area contributed by atoms with Crippen LogP contribution in [0.25, 0.3) is 0 Å². The van der Waals surface area contributed by atoms with Gasteiger partial charge in [-0.05, 0) is 30.2 Å². The maximum absolute atomic E-state index is 11.7. The second-order valence-electron chi connectivity index (χ2n) is 4.35. The van der Waals surface area contributed by atoms with E-state index in [0.717, 1.165) is 6.29 Å². The summed E-state index contributed by atoms with van der Waals surface area (Å²) in [6.07, 6.45) is 1.76. The first-order valence-electron chi connectivity index (χ1n) is 5.83. The first kappa shape index (κ1) is 13.4. The Morgan fingerprint density at radius 2 is 1.94 bits per heavy atom. The lowest BCUT2D eigenvalue weighted by atomic mass is 10.0. The molecule has 3 nitrogen and oxygen atoms in total. The summed E-state index contributed by atoms with van der Waals surface area (Å²) in [6, 6.07) is 7.05. The lowest BCUT2D eigenvalue weighted by Crippen LogP contribution is -2.03. The molecule has 0 aliphatic rings. The van der Waals surface area contributed by atoms with Gasteiger partial charge in [0, 0.05) is 18.4 Å². The van der Waals surface area contributed by atoms with Crippen molar-refractivity contribution in [3.63, 3.8) is 0 Å². The molecular weight excluding hydrogens is 216 g/mol.